The molecule has 0 saturated carbocycles. The molecule has 0 aromatic carbocycles. The lowest BCUT2D eigenvalue weighted by atomic mass is 9.82. The van der Waals surface area contributed by atoms with Gasteiger partial charge in [-0.3, -0.25) is 14.3 Å². The molecule has 25 heavy (non-hydrogen) atoms. The number of aromatic nitrogens is 2. The van der Waals surface area contributed by atoms with Gasteiger partial charge in [-0.15, -0.1) is 0 Å². The predicted octanol–water partition coefficient (Wildman–Crippen LogP) is 0.170. The molecule has 1 aliphatic heterocycles. The minimum absolute atomic E-state index is 0.0448. The van der Waals surface area contributed by atoms with Crippen molar-refractivity contribution in [2.75, 3.05) is 34.3 Å². The van der Waals surface area contributed by atoms with Crippen molar-refractivity contribution in [3.63, 3.8) is 0 Å². The second kappa shape index (κ2) is 7.96. The molecule has 2 amide bonds. The monoisotopic (exact) mass is 348 g/mol. The maximum Gasteiger partial charge on any atom is 0.330 e. The minimum Gasteiger partial charge on any atom is -0.466 e. The van der Waals surface area contributed by atoms with Gasteiger partial charge in [-0.25, -0.2) is 4.79 Å². The Morgan fingerprint density at radius 1 is 1.32 bits per heavy atom. The Kier molecular flexibility index (Phi) is 5.95. The van der Waals surface area contributed by atoms with Gasteiger partial charge in [0.1, 0.15) is 0 Å². The molecule has 1 aromatic rings. The molecular formula is C17H24N4O4. The lowest BCUT2D eigenvalue weighted by Crippen LogP contribution is -2.47. The summed E-state index contributed by atoms with van der Waals surface area (Å²) in [6.07, 6.45) is 4.56. The van der Waals surface area contributed by atoms with Gasteiger partial charge in [-0.05, 0) is 12.5 Å². The fraction of sp³-hybridized carbons (Fsp3) is 0.529. The normalized spacial score (nSPS) is 20.6. The second-order valence-electron chi connectivity index (χ2n) is 6.25. The molecule has 1 saturated heterocycles. The molecule has 8 nitrogen and oxygen atoms in total. The van der Waals surface area contributed by atoms with E-state index in [9.17, 15) is 14.4 Å². The number of ether oxygens (including phenoxy) is 1. The molecule has 2 heterocycles. The molecule has 0 N–H and O–H groups in total. The van der Waals surface area contributed by atoms with E-state index in [0.29, 0.717) is 19.5 Å². The van der Waals surface area contributed by atoms with Crippen LogP contribution >= 0.6 is 0 Å². The van der Waals surface area contributed by atoms with Crippen LogP contribution in [0.1, 0.15) is 18.0 Å². The van der Waals surface area contributed by atoms with Crippen molar-refractivity contribution in [2.45, 2.75) is 12.3 Å². The third-order valence-electron chi connectivity index (χ3n) is 4.48. The summed E-state index contributed by atoms with van der Waals surface area (Å²) >= 11 is 0. The Balaban J connectivity index is 2.21. The number of nitrogens with zero attached hydrogens (tertiary/aromatic N) is 4. The van der Waals surface area contributed by atoms with E-state index in [-0.39, 0.29) is 23.7 Å². The Hall–Kier alpha value is -2.64. The number of aryl methyl sites for hydroxylation is 1. The number of amides is 2. The minimum atomic E-state index is -0.575. The molecule has 2 unspecified atom stereocenters. The number of carbonyl (C=O) groups is 3. The van der Waals surface area contributed by atoms with E-state index < -0.39 is 5.97 Å². The van der Waals surface area contributed by atoms with E-state index in [1.807, 2.05) is 13.1 Å². The summed E-state index contributed by atoms with van der Waals surface area (Å²) < 4.78 is 6.24. The van der Waals surface area contributed by atoms with Crippen molar-refractivity contribution in [3.05, 3.63) is 30.1 Å². The average molecular weight is 348 g/mol. The third kappa shape index (κ3) is 4.26. The van der Waals surface area contributed by atoms with E-state index in [1.165, 1.54) is 13.2 Å². The van der Waals surface area contributed by atoms with Crippen LogP contribution in [0.2, 0.25) is 0 Å². The van der Waals surface area contributed by atoms with Gasteiger partial charge >= 0.3 is 5.97 Å². The van der Waals surface area contributed by atoms with Gasteiger partial charge in [0.2, 0.25) is 11.8 Å². The molecule has 2 rings (SSSR count). The van der Waals surface area contributed by atoms with Gasteiger partial charge in [-0.2, -0.15) is 5.10 Å². The van der Waals surface area contributed by atoms with Gasteiger partial charge < -0.3 is 14.5 Å². The zero-order chi connectivity index (χ0) is 18.6. The summed E-state index contributed by atoms with van der Waals surface area (Å²) in [5, 5.41) is 4.18. The Morgan fingerprint density at radius 3 is 2.60 bits per heavy atom. The highest BCUT2D eigenvalue weighted by Gasteiger charge is 2.38. The highest BCUT2D eigenvalue weighted by molar-refractivity contribution is 5.94. The quantitative estimate of drug-likeness (QED) is 0.572. The van der Waals surface area contributed by atoms with Crippen LogP contribution in [0.15, 0.2) is 24.4 Å². The molecule has 1 aliphatic rings. The molecule has 1 fully saturated rings. The van der Waals surface area contributed by atoms with Crippen LogP contribution in [0, 0.1) is 5.92 Å². The Labute approximate surface area is 147 Å². The second-order valence-corrected chi connectivity index (χ2v) is 6.25. The van der Waals surface area contributed by atoms with Crippen molar-refractivity contribution < 1.29 is 19.1 Å². The smallest absolute Gasteiger partial charge is 0.330 e. The molecule has 136 valence electrons. The van der Waals surface area contributed by atoms with Crippen LogP contribution in [-0.4, -0.2) is 71.7 Å². The largest absolute Gasteiger partial charge is 0.466 e. The summed E-state index contributed by atoms with van der Waals surface area (Å²) in [7, 11) is 6.55. The van der Waals surface area contributed by atoms with E-state index in [4.69, 9.17) is 0 Å². The summed E-state index contributed by atoms with van der Waals surface area (Å²) in [4.78, 5) is 39.3. The first kappa shape index (κ1) is 18.7. The molecule has 1 aromatic heterocycles. The number of piperidine rings is 1. The Bertz CT molecular complexity index is 680. The van der Waals surface area contributed by atoms with Crippen LogP contribution in [0.5, 0.6) is 0 Å². The zero-order valence-corrected chi connectivity index (χ0v) is 15.0. The Morgan fingerprint density at radius 2 is 2.04 bits per heavy atom. The molecule has 0 spiro atoms. The van der Waals surface area contributed by atoms with Gasteiger partial charge in [0.15, 0.2) is 0 Å². The van der Waals surface area contributed by atoms with Crippen LogP contribution in [0.25, 0.3) is 0 Å². The van der Waals surface area contributed by atoms with Crippen molar-refractivity contribution in [3.8, 4) is 0 Å². The topological polar surface area (TPSA) is 84.7 Å². The maximum absolute atomic E-state index is 12.6. The third-order valence-corrected chi connectivity index (χ3v) is 4.48. The van der Waals surface area contributed by atoms with Crippen LogP contribution in [0.3, 0.4) is 0 Å². The highest BCUT2D eigenvalue weighted by Crippen LogP contribution is 2.33. The zero-order valence-electron chi connectivity index (χ0n) is 15.0. The molecule has 0 bridgehead atoms. The first-order valence-electron chi connectivity index (χ1n) is 8.09. The van der Waals surface area contributed by atoms with E-state index in [2.05, 4.69) is 9.84 Å². The average Bonchev–Trinajstić information content (AvgIpc) is 3.03. The fourth-order valence-electron chi connectivity index (χ4n) is 3.14. The van der Waals surface area contributed by atoms with E-state index >= 15 is 0 Å². The van der Waals surface area contributed by atoms with Crippen LogP contribution in [-0.2, 0) is 26.2 Å². The number of likely N-dealkylation sites (tertiary alicyclic amines) is 1. The number of methoxy groups -OCH3 is 1. The highest BCUT2D eigenvalue weighted by atomic mass is 16.5. The van der Waals surface area contributed by atoms with Crippen molar-refractivity contribution in [1.82, 2.24) is 19.6 Å². The van der Waals surface area contributed by atoms with E-state index in [0.717, 1.165) is 11.8 Å². The first-order chi connectivity index (χ1) is 11.8. The summed E-state index contributed by atoms with van der Waals surface area (Å²) in [5.74, 6) is -1.16. The molecule has 0 aliphatic carbocycles. The van der Waals surface area contributed by atoms with Crippen molar-refractivity contribution >= 4 is 17.8 Å². The van der Waals surface area contributed by atoms with Crippen LogP contribution in [0.4, 0.5) is 0 Å². The molecular weight excluding hydrogens is 324 g/mol. The van der Waals surface area contributed by atoms with Gasteiger partial charge in [0.05, 0.1) is 7.11 Å². The molecule has 8 heteroatoms. The first-order valence-corrected chi connectivity index (χ1v) is 8.09. The van der Waals surface area contributed by atoms with Gasteiger partial charge in [0, 0.05) is 70.1 Å². The maximum atomic E-state index is 12.6. The number of rotatable bonds is 4. The van der Waals surface area contributed by atoms with Crippen molar-refractivity contribution in [2.24, 2.45) is 13.0 Å². The number of hydrogen-bond donors (Lipinski definition) is 0. The lowest BCUT2D eigenvalue weighted by molar-refractivity contribution is -0.138. The summed E-state index contributed by atoms with van der Waals surface area (Å²) in [5.41, 5.74) is 0.912. The summed E-state index contributed by atoms with van der Waals surface area (Å²) in [6, 6.07) is 1.87. The van der Waals surface area contributed by atoms with Crippen molar-refractivity contribution in [1.29, 1.82) is 0 Å². The van der Waals surface area contributed by atoms with E-state index in [1.54, 1.807) is 34.8 Å². The SMILES string of the molecule is COC(=O)/C=C/C(=O)N1CCC(C(=O)N(C)C)C(c2ccnn2C)C1. The fourth-order valence-corrected chi connectivity index (χ4v) is 3.14. The lowest BCUT2D eigenvalue weighted by Gasteiger charge is -2.38. The predicted molar refractivity (Wildman–Crippen MR) is 90.5 cm³/mol. The molecule has 0 radical (unpaired) electrons. The number of carbonyl (C=O) groups excluding carboxylic acids is 3. The number of esters is 1. The summed E-state index contributed by atoms with van der Waals surface area (Å²) in [6.45, 7) is 0.858. The standard InChI is InChI=1S/C17H24N4O4/c1-19(2)17(24)12-8-10-21(15(22)5-6-16(23)25-4)11-13(12)14-7-9-18-20(14)3/h5-7,9,12-13H,8,10-11H2,1-4H3/b6-5+. The van der Waals surface area contributed by atoms with Gasteiger partial charge in [0.25, 0.3) is 0 Å². The number of hydrogen-bond acceptors (Lipinski definition) is 5. The van der Waals surface area contributed by atoms with Gasteiger partial charge in [-0.1, -0.05) is 0 Å². The van der Waals surface area contributed by atoms with Crippen LogP contribution < -0.4 is 0 Å². The molecule has 2 atom stereocenters.